The molecule has 2 atom stereocenters. The summed E-state index contributed by atoms with van der Waals surface area (Å²) in [6, 6.07) is 22.3. The van der Waals surface area contributed by atoms with E-state index in [1.165, 1.54) is 10.9 Å². The number of benzene rings is 3. The molecule has 116 valence electrons. The van der Waals surface area contributed by atoms with Crippen molar-refractivity contribution in [2.24, 2.45) is 0 Å². The molecule has 3 heteroatoms. The molecule has 3 aromatic carbocycles. The van der Waals surface area contributed by atoms with Crippen molar-refractivity contribution in [2.45, 2.75) is 23.8 Å². The quantitative estimate of drug-likeness (QED) is 0.717. The summed E-state index contributed by atoms with van der Waals surface area (Å²) in [5, 5.41) is 2.31. The summed E-state index contributed by atoms with van der Waals surface area (Å²) in [7, 11) is -1.04. The molecule has 0 aromatic heterocycles. The summed E-state index contributed by atoms with van der Waals surface area (Å²) in [5.41, 5.74) is 1.25. The van der Waals surface area contributed by atoms with E-state index >= 15 is 0 Å². The topological polar surface area (TPSA) is 26.3 Å². The lowest BCUT2D eigenvalue weighted by Gasteiger charge is -2.25. The Morgan fingerprint density at radius 1 is 0.957 bits per heavy atom. The minimum atomic E-state index is -1.04. The Kier molecular flexibility index (Phi) is 3.88. The fraction of sp³-hybridized carbons (Fsp3) is 0.200. The van der Waals surface area contributed by atoms with Crippen LogP contribution in [0.5, 0.6) is 5.75 Å². The van der Waals surface area contributed by atoms with Crippen LogP contribution in [0.1, 0.15) is 12.0 Å². The Balaban J connectivity index is 1.51. The average molecular weight is 322 g/mol. The van der Waals surface area contributed by atoms with Crippen molar-refractivity contribution < 1.29 is 8.95 Å². The van der Waals surface area contributed by atoms with Gasteiger partial charge in [-0.2, -0.15) is 0 Å². The van der Waals surface area contributed by atoms with Gasteiger partial charge >= 0.3 is 0 Å². The Bertz CT molecular complexity index is 872. The van der Waals surface area contributed by atoms with Gasteiger partial charge in [-0.1, -0.05) is 48.5 Å². The molecule has 0 aliphatic carbocycles. The van der Waals surface area contributed by atoms with E-state index in [1.54, 1.807) is 0 Å². The second-order valence-corrected chi connectivity index (χ2v) is 7.40. The molecule has 0 fully saturated rings. The van der Waals surface area contributed by atoms with Crippen LogP contribution in [0.3, 0.4) is 0 Å². The van der Waals surface area contributed by atoms with E-state index in [9.17, 15) is 4.21 Å². The van der Waals surface area contributed by atoms with E-state index in [2.05, 4.69) is 18.2 Å². The van der Waals surface area contributed by atoms with Gasteiger partial charge in [-0.25, -0.2) is 0 Å². The number of hydrogen-bond donors (Lipinski definition) is 0. The highest BCUT2D eigenvalue weighted by atomic mass is 32.2. The van der Waals surface area contributed by atoms with Crippen molar-refractivity contribution >= 4 is 21.6 Å². The van der Waals surface area contributed by atoms with E-state index in [4.69, 9.17) is 4.74 Å². The Hall–Kier alpha value is -2.13. The number of para-hydroxylation sites is 1. The molecule has 2 nitrogen and oxygen atoms in total. The van der Waals surface area contributed by atoms with Crippen molar-refractivity contribution in [3.8, 4) is 5.75 Å². The van der Waals surface area contributed by atoms with Gasteiger partial charge in [0.2, 0.25) is 0 Å². The second-order valence-electron chi connectivity index (χ2n) is 5.91. The maximum absolute atomic E-state index is 12.7. The van der Waals surface area contributed by atoms with Crippen LogP contribution in [0.4, 0.5) is 0 Å². The zero-order valence-corrected chi connectivity index (χ0v) is 13.6. The van der Waals surface area contributed by atoms with Gasteiger partial charge in [0.1, 0.15) is 11.9 Å². The predicted octanol–water partition coefficient (Wildman–Crippen LogP) is 4.34. The first-order chi connectivity index (χ1) is 11.3. The van der Waals surface area contributed by atoms with E-state index in [0.717, 1.165) is 28.9 Å². The number of rotatable bonds is 3. The lowest BCUT2D eigenvalue weighted by Crippen LogP contribution is -2.28. The van der Waals surface area contributed by atoms with Crippen LogP contribution in [-0.4, -0.2) is 16.1 Å². The molecular weight excluding hydrogens is 304 g/mol. The highest BCUT2D eigenvalue weighted by Gasteiger charge is 2.22. The molecule has 4 rings (SSSR count). The Morgan fingerprint density at radius 2 is 1.74 bits per heavy atom. The third kappa shape index (κ3) is 3.02. The molecule has 1 heterocycles. The van der Waals surface area contributed by atoms with Gasteiger partial charge in [-0.15, -0.1) is 0 Å². The highest BCUT2D eigenvalue weighted by molar-refractivity contribution is 7.85. The molecule has 0 bridgehead atoms. The molecule has 0 radical (unpaired) electrons. The minimum Gasteiger partial charge on any atom is -0.489 e. The van der Waals surface area contributed by atoms with Crippen molar-refractivity contribution in [3.63, 3.8) is 0 Å². The minimum absolute atomic E-state index is 0.0252. The first kappa shape index (κ1) is 14.5. The summed E-state index contributed by atoms with van der Waals surface area (Å²) >= 11 is 0. The van der Waals surface area contributed by atoms with Crippen molar-refractivity contribution in [2.75, 3.05) is 5.75 Å². The van der Waals surface area contributed by atoms with Gasteiger partial charge < -0.3 is 4.74 Å². The van der Waals surface area contributed by atoms with Crippen molar-refractivity contribution in [3.05, 3.63) is 72.3 Å². The van der Waals surface area contributed by atoms with Gasteiger partial charge in [0.15, 0.2) is 0 Å². The molecule has 0 amide bonds. The standard InChI is InChI=1S/C20H18O2S/c21-23(19-12-10-15-5-1-2-7-17(15)13-19)14-18-11-9-16-6-3-4-8-20(16)22-18/h1-8,10,12-13,18H,9,11,14H2/t18-,23?/m0/s1. The van der Waals surface area contributed by atoms with Crippen LogP contribution in [0.15, 0.2) is 71.6 Å². The summed E-state index contributed by atoms with van der Waals surface area (Å²) in [4.78, 5) is 0.881. The first-order valence-electron chi connectivity index (χ1n) is 7.91. The first-order valence-corrected chi connectivity index (χ1v) is 9.23. The summed E-state index contributed by atoms with van der Waals surface area (Å²) in [6.07, 6.45) is 1.95. The van der Waals surface area contributed by atoms with Gasteiger partial charge in [0.25, 0.3) is 0 Å². The molecule has 1 unspecified atom stereocenters. The van der Waals surface area contributed by atoms with Gasteiger partial charge in [-0.05, 0) is 47.4 Å². The molecule has 0 saturated heterocycles. The molecule has 3 aromatic rings. The molecular formula is C20H18O2S. The second kappa shape index (κ2) is 6.17. The van der Waals surface area contributed by atoms with E-state index in [-0.39, 0.29) is 6.10 Å². The van der Waals surface area contributed by atoms with Gasteiger partial charge in [-0.3, -0.25) is 4.21 Å². The van der Waals surface area contributed by atoms with Crippen LogP contribution in [0.25, 0.3) is 10.8 Å². The lowest BCUT2D eigenvalue weighted by molar-refractivity contribution is 0.196. The Morgan fingerprint density at radius 3 is 2.65 bits per heavy atom. The zero-order valence-electron chi connectivity index (χ0n) is 12.8. The van der Waals surface area contributed by atoms with E-state index in [1.807, 2.05) is 48.5 Å². The summed E-state index contributed by atoms with van der Waals surface area (Å²) in [6.45, 7) is 0. The largest absolute Gasteiger partial charge is 0.489 e. The van der Waals surface area contributed by atoms with Crippen molar-refractivity contribution in [1.29, 1.82) is 0 Å². The van der Waals surface area contributed by atoms with Crippen LogP contribution in [-0.2, 0) is 17.2 Å². The number of hydrogen-bond acceptors (Lipinski definition) is 2. The molecule has 23 heavy (non-hydrogen) atoms. The number of ether oxygens (including phenoxy) is 1. The summed E-state index contributed by atoms with van der Waals surface area (Å²) in [5.74, 6) is 1.49. The lowest BCUT2D eigenvalue weighted by atomic mass is 10.0. The third-order valence-electron chi connectivity index (χ3n) is 4.32. The highest BCUT2D eigenvalue weighted by Crippen LogP contribution is 2.28. The van der Waals surface area contributed by atoms with Crippen LogP contribution < -0.4 is 4.74 Å². The van der Waals surface area contributed by atoms with Gasteiger partial charge in [0, 0.05) is 4.90 Å². The van der Waals surface area contributed by atoms with Crippen LogP contribution >= 0.6 is 0 Å². The predicted molar refractivity (Wildman–Crippen MR) is 94.4 cm³/mol. The fourth-order valence-electron chi connectivity index (χ4n) is 3.07. The average Bonchev–Trinajstić information content (AvgIpc) is 2.61. The molecule has 0 spiro atoms. The molecule has 1 aliphatic heterocycles. The number of fused-ring (bicyclic) bond motifs is 2. The fourth-order valence-corrected chi connectivity index (χ4v) is 4.31. The molecule has 1 aliphatic rings. The smallest absolute Gasteiger partial charge is 0.122 e. The van der Waals surface area contributed by atoms with Gasteiger partial charge in [0.05, 0.1) is 16.6 Å². The van der Waals surface area contributed by atoms with Crippen LogP contribution in [0.2, 0.25) is 0 Å². The monoisotopic (exact) mass is 322 g/mol. The maximum Gasteiger partial charge on any atom is 0.122 e. The zero-order chi connectivity index (χ0) is 15.6. The SMILES string of the molecule is O=S(C[C@@H]1CCc2ccccc2O1)c1ccc2ccccc2c1. The Labute approximate surface area is 138 Å². The third-order valence-corrected chi connectivity index (χ3v) is 5.78. The summed E-state index contributed by atoms with van der Waals surface area (Å²) < 4.78 is 18.7. The van der Waals surface area contributed by atoms with E-state index < -0.39 is 10.8 Å². The normalized spacial score (nSPS) is 18.2. The van der Waals surface area contributed by atoms with E-state index in [0.29, 0.717) is 5.75 Å². The van der Waals surface area contributed by atoms with Crippen molar-refractivity contribution in [1.82, 2.24) is 0 Å². The molecule has 0 saturated carbocycles. The maximum atomic E-state index is 12.7. The van der Waals surface area contributed by atoms with Crippen LogP contribution in [0, 0.1) is 0 Å². The molecule has 0 N–H and O–H groups in total. The number of aryl methyl sites for hydroxylation is 1.